The van der Waals surface area contributed by atoms with E-state index in [4.69, 9.17) is 29.3 Å². The molecule has 0 fully saturated rings. The molecule has 13 aromatic rings. The van der Waals surface area contributed by atoms with Crippen molar-refractivity contribution in [1.29, 1.82) is 0 Å². The molecule has 294 valence electrons. The average Bonchev–Trinajstić information content (AvgIpc) is 4.03. The van der Waals surface area contributed by atoms with Gasteiger partial charge in [-0.05, 0) is 66.7 Å². The van der Waals surface area contributed by atoms with Crippen LogP contribution in [-0.2, 0) is 0 Å². The van der Waals surface area contributed by atoms with Gasteiger partial charge in [0.05, 0.1) is 11.0 Å². The number of rotatable bonds is 6. The number of hydrogen-bond donors (Lipinski definition) is 0. The highest BCUT2D eigenvalue weighted by Gasteiger charge is 2.22. The van der Waals surface area contributed by atoms with E-state index in [2.05, 4.69) is 132 Å². The molecule has 0 saturated heterocycles. The Hall–Kier alpha value is -8.33. The summed E-state index contributed by atoms with van der Waals surface area (Å²) in [4.78, 5) is 26.0. The van der Waals surface area contributed by atoms with Gasteiger partial charge in [-0.3, -0.25) is 0 Å². The molecular formula is C55H32N6OS. The van der Waals surface area contributed by atoms with Gasteiger partial charge >= 0.3 is 0 Å². The van der Waals surface area contributed by atoms with Crippen molar-refractivity contribution in [2.45, 2.75) is 0 Å². The van der Waals surface area contributed by atoms with Crippen LogP contribution >= 0.6 is 11.3 Å². The summed E-state index contributed by atoms with van der Waals surface area (Å²) >= 11 is 1.76. The number of benzene rings is 8. The summed E-state index contributed by atoms with van der Waals surface area (Å²) in [5.41, 5.74) is 11.0. The van der Waals surface area contributed by atoms with Gasteiger partial charge < -0.3 is 8.98 Å². The molecule has 13 rings (SSSR count). The molecule has 0 radical (unpaired) electrons. The first-order valence-electron chi connectivity index (χ1n) is 20.8. The minimum atomic E-state index is 0.606. The van der Waals surface area contributed by atoms with Crippen molar-refractivity contribution in [3.8, 4) is 62.5 Å². The van der Waals surface area contributed by atoms with E-state index >= 15 is 0 Å². The van der Waals surface area contributed by atoms with E-state index in [0.29, 0.717) is 28.9 Å². The molecule has 63 heavy (non-hydrogen) atoms. The SMILES string of the molecule is c1ccc(-c2nc(-c3ccc4c(c3)c3ccccc3n4-c3ccccc3)nc(-c3cccc4sc5ccc(-c6nc(-c7ccccc7)nc7c6oc6ccccc67)cc5c34)n2)cc1. The molecule has 0 aliphatic heterocycles. The fourth-order valence-corrected chi connectivity index (χ4v) is 10.1. The number of furan rings is 1. The molecule has 8 aromatic carbocycles. The second-order valence-electron chi connectivity index (χ2n) is 15.6. The van der Waals surface area contributed by atoms with Crippen molar-refractivity contribution in [2.75, 3.05) is 0 Å². The summed E-state index contributed by atoms with van der Waals surface area (Å²) in [5.74, 6) is 2.47. The number of thiophene rings is 1. The van der Waals surface area contributed by atoms with E-state index in [9.17, 15) is 0 Å². The molecule has 0 aliphatic carbocycles. The first-order chi connectivity index (χ1) is 31.2. The normalized spacial score (nSPS) is 11.8. The highest BCUT2D eigenvalue weighted by molar-refractivity contribution is 7.26. The highest BCUT2D eigenvalue weighted by Crippen LogP contribution is 2.43. The third kappa shape index (κ3) is 5.76. The van der Waals surface area contributed by atoms with Gasteiger partial charge in [-0.15, -0.1) is 11.3 Å². The molecule has 0 saturated carbocycles. The number of aromatic nitrogens is 6. The summed E-state index contributed by atoms with van der Waals surface area (Å²) in [6.45, 7) is 0. The van der Waals surface area contributed by atoms with E-state index < -0.39 is 0 Å². The van der Waals surface area contributed by atoms with Gasteiger partial charge in [-0.25, -0.2) is 24.9 Å². The zero-order chi connectivity index (χ0) is 41.4. The number of hydrogen-bond acceptors (Lipinski definition) is 7. The predicted molar refractivity (Wildman–Crippen MR) is 257 cm³/mol. The third-order valence-corrected chi connectivity index (χ3v) is 13.0. The largest absolute Gasteiger partial charge is 0.452 e. The van der Waals surface area contributed by atoms with E-state index in [0.717, 1.165) is 92.3 Å². The fourth-order valence-electron chi connectivity index (χ4n) is 8.97. The zero-order valence-electron chi connectivity index (χ0n) is 33.5. The molecule has 8 heteroatoms. The van der Waals surface area contributed by atoms with E-state index in [1.165, 1.54) is 5.39 Å². The van der Waals surface area contributed by atoms with Crippen LogP contribution in [0.15, 0.2) is 199 Å². The Labute approximate surface area is 364 Å². The van der Waals surface area contributed by atoms with Crippen LogP contribution in [0.1, 0.15) is 0 Å². The van der Waals surface area contributed by atoms with Crippen LogP contribution in [0.5, 0.6) is 0 Å². The summed E-state index contributed by atoms with van der Waals surface area (Å²) in [7, 11) is 0. The molecule has 0 bridgehead atoms. The van der Waals surface area contributed by atoms with Gasteiger partial charge in [0.25, 0.3) is 0 Å². The second-order valence-corrected chi connectivity index (χ2v) is 16.7. The summed E-state index contributed by atoms with van der Waals surface area (Å²) in [5, 5.41) is 5.42. The number of nitrogens with zero attached hydrogens (tertiary/aromatic N) is 6. The molecule has 0 aliphatic rings. The van der Waals surface area contributed by atoms with Crippen LogP contribution in [0.3, 0.4) is 0 Å². The van der Waals surface area contributed by atoms with Gasteiger partial charge in [0.15, 0.2) is 28.9 Å². The van der Waals surface area contributed by atoms with Gasteiger partial charge in [0.1, 0.15) is 16.8 Å². The third-order valence-electron chi connectivity index (χ3n) is 11.9. The summed E-state index contributed by atoms with van der Waals surface area (Å²) < 4.78 is 11.1. The zero-order valence-corrected chi connectivity index (χ0v) is 34.3. The molecule has 5 aromatic heterocycles. The van der Waals surface area contributed by atoms with Gasteiger partial charge in [0, 0.05) is 69.8 Å². The van der Waals surface area contributed by atoms with Crippen LogP contribution in [0, 0.1) is 0 Å². The van der Waals surface area contributed by atoms with Crippen molar-refractivity contribution in [3.05, 3.63) is 194 Å². The molecule has 5 heterocycles. The molecule has 0 N–H and O–H groups in total. The van der Waals surface area contributed by atoms with Crippen molar-refractivity contribution in [2.24, 2.45) is 0 Å². The van der Waals surface area contributed by atoms with E-state index in [-0.39, 0.29) is 0 Å². The average molecular weight is 825 g/mol. The quantitative estimate of drug-likeness (QED) is 0.166. The first-order valence-corrected chi connectivity index (χ1v) is 21.6. The maximum Gasteiger partial charge on any atom is 0.180 e. The Morgan fingerprint density at radius 2 is 1.02 bits per heavy atom. The summed E-state index contributed by atoms with van der Waals surface area (Å²) in [6, 6.07) is 66.9. The van der Waals surface area contributed by atoms with E-state index in [1.54, 1.807) is 11.3 Å². The minimum Gasteiger partial charge on any atom is -0.452 e. The standard InChI is InChI=1S/C55H32N6OS/c1-4-15-33(16-5-1)52-56-49(51-50(57-52)39-22-11-13-25-45(39)62-51)35-28-30-46-42(31-35)48-40(23-14-26-47(48)63-46)55-59-53(34-17-6-2-7-18-34)58-54(60-55)36-27-29-44-41(32-36)38-21-10-12-24-43(38)61(44)37-19-8-3-9-20-37/h1-32H. The Kier molecular flexibility index (Phi) is 7.94. The Bertz CT molecular complexity index is 3910. The summed E-state index contributed by atoms with van der Waals surface area (Å²) in [6.07, 6.45) is 0. The lowest BCUT2D eigenvalue weighted by molar-refractivity contribution is 0.667. The molecular weight excluding hydrogens is 793 g/mol. The lowest BCUT2D eigenvalue weighted by Crippen LogP contribution is -2.00. The number of para-hydroxylation sites is 3. The van der Waals surface area contributed by atoms with Crippen LogP contribution in [0.4, 0.5) is 0 Å². The van der Waals surface area contributed by atoms with Crippen molar-refractivity contribution < 1.29 is 4.42 Å². The molecule has 0 unspecified atom stereocenters. The molecule has 0 spiro atoms. The maximum atomic E-state index is 6.54. The molecule has 7 nitrogen and oxygen atoms in total. The fraction of sp³-hybridized carbons (Fsp3) is 0. The van der Waals surface area contributed by atoms with Crippen molar-refractivity contribution in [3.63, 3.8) is 0 Å². The number of fused-ring (bicyclic) bond motifs is 9. The highest BCUT2D eigenvalue weighted by atomic mass is 32.1. The van der Waals surface area contributed by atoms with Crippen molar-refractivity contribution >= 4 is 75.4 Å². The monoisotopic (exact) mass is 824 g/mol. The topological polar surface area (TPSA) is 82.5 Å². The van der Waals surface area contributed by atoms with E-state index in [1.807, 2.05) is 66.7 Å². The van der Waals surface area contributed by atoms with Crippen molar-refractivity contribution in [1.82, 2.24) is 29.5 Å². The van der Waals surface area contributed by atoms with Crippen LogP contribution in [0.25, 0.3) is 127 Å². The van der Waals surface area contributed by atoms with Crippen LogP contribution in [-0.4, -0.2) is 29.5 Å². The smallest absolute Gasteiger partial charge is 0.180 e. The van der Waals surface area contributed by atoms with Gasteiger partial charge in [0.2, 0.25) is 0 Å². The Morgan fingerprint density at radius 3 is 1.81 bits per heavy atom. The Morgan fingerprint density at radius 1 is 0.397 bits per heavy atom. The van der Waals surface area contributed by atoms with Gasteiger partial charge in [-0.1, -0.05) is 127 Å². The first kappa shape index (κ1) is 35.4. The minimum absolute atomic E-state index is 0.606. The second kappa shape index (κ2) is 14.1. The Balaban J connectivity index is 1.02. The van der Waals surface area contributed by atoms with Crippen LogP contribution in [0.2, 0.25) is 0 Å². The lowest BCUT2D eigenvalue weighted by atomic mass is 10.0. The van der Waals surface area contributed by atoms with Gasteiger partial charge in [-0.2, -0.15) is 0 Å². The predicted octanol–water partition coefficient (Wildman–Crippen LogP) is 14.4. The maximum absolute atomic E-state index is 6.54. The molecule has 0 amide bonds. The van der Waals surface area contributed by atoms with Crippen LogP contribution < -0.4 is 0 Å². The lowest BCUT2D eigenvalue weighted by Gasteiger charge is -2.11. The molecule has 0 atom stereocenters.